The number of anilines is 3. The quantitative estimate of drug-likeness (QED) is 0.110. The van der Waals surface area contributed by atoms with Crippen LogP contribution in [0.5, 0.6) is 11.9 Å². The molecule has 2 saturated heterocycles. The van der Waals surface area contributed by atoms with Crippen LogP contribution < -0.4 is 25.8 Å². The molecule has 3 aliphatic heterocycles. The smallest absolute Gasteiger partial charge is 0.319 e. The Labute approximate surface area is 340 Å². The zero-order valence-electron chi connectivity index (χ0n) is 34.4. The Kier molecular flexibility index (Phi) is 10.4. The van der Waals surface area contributed by atoms with Crippen LogP contribution in [0.1, 0.15) is 84.9 Å². The SMILES string of the molecule is CC(C)[Si](C#Cc1cccc2nc(N)cc(-c3nc4c5c(nc(OC[C@@]67CCCN6C[C@H](F)C7)nc5c3F)N([C@H](C)c3cccnc3N)CCO4)c12)(C(C)C)C(C)C. The summed E-state index contributed by atoms with van der Waals surface area (Å²) in [4.78, 5) is 27.7. The molecule has 4 N–H and O–H groups in total. The molecule has 0 unspecified atom stereocenters. The van der Waals surface area contributed by atoms with Gasteiger partial charge in [0.1, 0.15) is 61.5 Å². The summed E-state index contributed by atoms with van der Waals surface area (Å²) < 4.78 is 45.3. The summed E-state index contributed by atoms with van der Waals surface area (Å²) in [6.07, 6.45) is 2.83. The van der Waals surface area contributed by atoms with Gasteiger partial charge in [0.05, 0.1) is 23.6 Å². The fourth-order valence-corrected chi connectivity index (χ4v) is 15.4. The molecule has 0 aliphatic carbocycles. The summed E-state index contributed by atoms with van der Waals surface area (Å²) in [5, 5.41) is 0.948. The molecule has 304 valence electrons. The van der Waals surface area contributed by atoms with Crippen molar-refractivity contribution in [3.05, 3.63) is 59.5 Å². The summed E-state index contributed by atoms with van der Waals surface area (Å²) >= 11 is 0. The fraction of sp³-hybridized carbons (Fsp3) is 0.477. The van der Waals surface area contributed by atoms with Gasteiger partial charge < -0.3 is 25.8 Å². The van der Waals surface area contributed by atoms with Gasteiger partial charge >= 0.3 is 6.01 Å². The van der Waals surface area contributed by atoms with Crippen molar-refractivity contribution < 1.29 is 18.3 Å². The van der Waals surface area contributed by atoms with Crippen LogP contribution in [0.4, 0.5) is 26.2 Å². The molecule has 1 aromatic carbocycles. The maximum atomic E-state index is 17.7. The highest BCUT2D eigenvalue weighted by Crippen LogP contribution is 2.45. The number of nitrogens with zero attached hydrogens (tertiary/aromatic N) is 7. The Balaban J connectivity index is 1.34. The lowest BCUT2D eigenvalue weighted by molar-refractivity contribution is 0.107. The minimum atomic E-state index is -2.14. The second-order valence-electron chi connectivity index (χ2n) is 17.1. The molecule has 14 heteroatoms. The highest BCUT2D eigenvalue weighted by Gasteiger charge is 2.49. The van der Waals surface area contributed by atoms with Crippen molar-refractivity contribution in [3.63, 3.8) is 0 Å². The van der Waals surface area contributed by atoms with E-state index in [1.807, 2.05) is 42.2 Å². The van der Waals surface area contributed by atoms with Gasteiger partial charge in [-0.3, -0.25) is 4.90 Å². The van der Waals surface area contributed by atoms with Crippen LogP contribution in [-0.2, 0) is 0 Å². The molecule has 2 fully saturated rings. The van der Waals surface area contributed by atoms with E-state index in [4.69, 9.17) is 35.9 Å². The Morgan fingerprint density at radius 1 is 0.983 bits per heavy atom. The number of nitrogens with two attached hydrogens (primary N) is 2. The average Bonchev–Trinajstić information content (AvgIpc) is 3.64. The number of rotatable bonds is 9. The van der Waals surface area contributed by atoms with Crippen LogP contribution in [0.15, 0.2) is 42.6 Å². The Morgan fingerprint density at radius 3 is 2.50 bits per heavy atom. The van der Waals surface area contributed by atoms with Crippen molar-refractivity contribution in [1.29, 1.82) is 0 Å². The van der Waals surface area contributed by atoms with E-state index in [-0.39, 0.29) is 48.2 Å². The molecule has 0 bridgehead atoms. The van der Waals surface area contributed by atoms with Crippen LogP contribution in [0.25, 0.3) is 33.1 Å². The van der Waals surface area contributed by atoms with Crippen molar-refractivity contribution in [2.75, 3.05) is 49.2 Å². The van der Waals surface area contributed by atoms with E-state index >= 15 is 4.39 Å². The zero-order valence-corrected chi connectivity index (χ0v) is 35.4. The normalized spacial score (nSPS) is 20.1. The van der Waals surface area contributed by atoms with Gasteiger partial charge in [0.15, 0.2) is 5.82 Å². The molecular weight excluding hydrogens is 753 g/mol. The van der Waals surface area contributed by atoms with E-state index in [2.05, 4.69) is 67.9 Å². The molecule has 7 heterocycles. The maximum Gasteiger partial charge on any atom is 0.319 e. The van der Waals surface area contributed by atoms with Gasteiger partial charge in [-0.25, -0.2) is 23.7 Å². The summed E-state index contributed by atoms with van der Waals surface area (Å²) in [5.41, 5.74) is 19.9. The topological polar surface area (TPSA) is 141 Å². The number of aromatic nitrogens is 5. The van der Waals surface area contributed by atoms with Crippen molar-refractivity contribution in [3.8, 4) is 34.6 Å². The van der Waals surface area contributed by atoms with E-state index < -0.39 is 25.6 Å². The molecule has 0 radical (unpaired) electrons. The van der Waals surface area contributed by atoms with Crippen LogP contribution in [0.3, 0.4) is 0 Å². The number of alkyl halides is 1. The average molecular weight is 806 g/mol. The third-order valence-electron chi connectivity index (χ3n) is 13.0. The Morgan fingerprint density at radius 2 is 1.76 bits per heavy atom. The number of ether oxygens (including phenoxy) is 2. The van der Waals surface area contributed by atoms with Gasteiger partial charge in [-0.15, -0.1) is 5.54 Å². The van der Waals surface area contributed by atoms with Crippen molar-refractivity contribution in [2.45, 2.75) is 102 Å². The van der Waals surface area contributed by atoms with Gasteiger partial charge in [-0.1, -0.05) is 59.6 Å². The minimum absolute atomic E-state index is 0.00108. The highest BCUT2D eigenvalue weighted by molar-refractivity contribution is 6.90. The molecule has 58 heavy (non-hydrogen) atoms. The predicted octanol–water partition coefficient (Wildman–Crippen LogP) is 8.42. The number of benzene rings is 1. The Bertz CT molecular complexity index is 2430. The molecule has 4 aromatic heterocycles. The van der Waals surface area contributed by atoms with Crippen LogP contribution >= 0.6 is 0 Å². The van der Waals surface area contributed by atoms with E-state index in [9.17, 15) is 4.39 Å². The predicted molar refractivity (Wildman–Crippen MR) is 229 cm³/mol. The third-order valence-corrected chi connectivity index (χ3v) is 19.3. The number of pyridine rings is 3. The summed E-state index contributed by atoms with van der Waals surface area (Å²) in [7, 11) is -2.14. The summed E-state index contributed by atoms with van der Waals surface area (Å²) in [6.45, 7) is 17.6. The Hall–Kier alpha value is -5.13. The van der Waals surface area contributed by atoms with Gasteiger partial charge in [-0.2, -0.15) is 9.97 Å². The lowest BCUT2D eigenvalue weighted by atomic mass is 9.95. The molecule has 0 saturated carbocycles. The number of nitrogen functional groups attached to an aromatic ring is 2. The van der Waals surface area contributed by atoms with E-state index in [1.165, 1.54) is 0 Å². The van der Waals surface area contributed by atoms with Crippen LogP contribution in [0.2, 0.25) is 16.6 Å². The number of fused-ring (bicyclic) bond motifs is 2. The third kappa shape index (κ3) is 6.65. The summed E-state index contributed by atoms with van der Waals surface area (Å²) in [6, 6.07) is 10.7. The first-order valence-corrected chi connectivity index (χ1v) is 22.7. The van der Waals surface area contributed by atoms with Gasteiger partial charge in [-0.05, 0) is 67.2 Å². The molecule has 5 aromatic rings. The molecule has 11 nitrogen and oxygen atoms in total. The fourth-order valence-electron chi connectivity index (χ4n) is 10.2. The van der Waals surface area contributed by atoms with Crippen molar-refractivity contribution in [2.24, 2.45) is 0 Å². The maximum absolute atomic E-state index is 17.7. The van der Waals surface area contributed by atoms with Crippen molar-refractivity contribution >= 4 is 47.3 Å². The first-order chi connectivity index (χ1) is 27.7. The highest BCUT2D eigenvalue weighted by atomic mass is 28.3. The molecular formula is C44H53F2N9O2Si. The van der Waals surface area contributed by atoms with Crippen LogP contribution in [-0.4, -0.2) is 82.5 Å². The largest absolute Gasteiger partial charge is 0.475 e. The molecule has 0 amide bonds. The molecule has 8 rings (SSSR count). The first-order valence-electron chi connectivity index (χ1n) is 20.5. The lowest BCUT2D eigenvalue weighted by Crippen LogP contribution is -2.43. The standard InChI is InChI=1S/C44H53F2N9O2Si/c1-25(2)58(26(3)4,27(5)6)20-14-29-11-8-13-33-35(29)32(21-34(47)50-33)38-37(46)39-36-41(53-43(52-39)57-24-44-15-10-17-54(44)23-30(45)22-44)55(18-19-56-42(36)51-38)28(7)31-12-9-16-49-40(31)48/h8-9,11-13,16,21,25-28,30H,10,15,17-19,22-24H2,1-7H3,(H2,47,50)(H2,48,49)/t28-,30-,44+/m1/s1. The second-order valence-corrected chi connectivity index (χ2v) is 22.7. The zero-order chi connectivity index (χ0) is 41.1. The summed E-state index contributed by atoms with van der Waals surface area (Å²) in [5.74, 6) is 4.04. The van der Waals surface area contributed by atoms with Gasteiger partial charge in [0.2, 0.25) is 5.88 Å². The number of hydrogen-bond acceptors (Lipinski definition) is 11. The van der Waals surface area contributed by atoms with Gasteiger partial charge in [0, 0.05) is 41.2 Å². The monoisotopic (exact) mass is 805 g/mol. The van der Waals surface area contributed by atoms with Crippen LogP contribution in [0, 0.1) is 17.3 Å². The van der Waals surface area contributed by atoms with E-state index in [1.54, 1.807) is 12.3 Å². The second kappa shape index (κ2) is 15.2. The number of halogens is 2. The van der Waals surface area contributed by atoms with Crippen molar-refractivity contribution in [1.82, 2.24) is 29.8 Å². The van der Waals surface area contributed by atoms with Gasteiger partial charge in [0.25, 0.3) is 0 Å². The first kappa shape index (κ1) is 39.7. The lowest BCUT2D eigenvalue weighted by Gasteiger charge is -2.38. The van der Waals surface area contributed by atoms with E-state index in [0.29, 0.717) is 69.6 Å². The van der Waals surface area contributed by atoms with E-state index in [0.717, 1.165) is 30.5 Å². The molecule has 3 aliphatic rings. The molecule has 3 atom stereocenters. The number of hydrogen-bond donors (Lipinski definition) is 2. The molecule has 0 spiro atoms. The minimum Gasteiger partial charge on any atom is -0.475 e.